The lowest BCUT2D eigenvalue weighted by atomic mass is 9.68. The molecule has 0 aromatic heterocycles. The Bertz CT molecular complexity index is 693. The third-order valence-corrected chi connectivity index (χ3v) is 6.98. The summed E-state index contributed by atoms with van der Waals surface area (Å²) in [4.78, 5) is 0. The first kappa shape index (κ1) is 20.8. The number of aryl methyl sites for hydroxylation is 1. The summed E-state index contributed by atoms with van der Waals surface area (Å²) in [5.74, 6) is 2.38. The number of hydrogen-bond acceptors (Lipinski definition) is 1. The molecular formula is C26H34FN. The maximum Gasteiger partial charge on any atom is 0.199 e. The second-order valence-corrected chi connectivity index (χ2v) is 8.79. The first-order valence-electron chi connectivity index (χ1n) is 11.2. The summed E-state index contributed by atoms with van der Waals surface area (Å²) < 4.78 is 12.8. The molecule has 0 amide bonds. The number of rotatable bonds is 6. The van der Waals surface area contributed by atoms with E-state index in [2.05, 4.69) is 37.3 Å². The Hall–Kier alpha value is -1.88. The van der Waals surface area contributed by atoms with E-state index >= 15 is 0 Å². The average Bonchev–Trinajstić information content (AvgIpc) is 2.75. The highest BCUT2D eigenvalue weighted by atomic mass is 19.1. The minimum Gasteiger partial charge on any atom is -0.195 e. The number of allylic oxidation sites excluding steroid dienone is 4. The number of halogens is 1. The first-order valence-corrected chi connectivity index (χ1v) is 11.2. The zero-order valence-corrected chi connectivity index (χ0v) is 17.2. The largest absolute Gasteiger partial charge is 0.199 e. The van der Waals surface area contributed by atoms with E-state index in [-0.39, 0.29) is 0 Å². The summed E-state index contributed by atoms with van der Waals surface area (Å²) in [7, 11) is 0. The second-order valence-electron chi connectivity index (χ2n) is 8.79. The van der Waals surface area contributed by atoms with E-state index in [0.29, 0.717) is 5.92 Å². The fraction of sp³-hybridized carbons (Fsp3) is 0.577. The van der Waals surface area contributed by atoms with Crippen molar-refractivity contribution in [3.05, 3.63) is 59.4 Å². The molecule has 1 nitrogen and oxygen atoms in total. The standard InChI is InChI=1S/C26H34FN/c1-2-4-20-7-11-22(12-8-20)24-15-17-25(18-16-24)23-13-9-21(10-14-23)5-3-6-26(27)19-28/h3,5-8,11-12,21,23-25H,2,4,9-10,13-18H2,1H3/b5-3+,26-6-. The predicted octanol–water partition coefficient (Wildman–Crippen LogP) is 7.65. The van der Waals surface area contributed by atoms with Crippen LogP contribution in [0.4, 0.5) is 4.39 Å². The van der Waals surface area contributed by atoms with Gasteiger partial charge in [0.2, 0.25) is 0 Å². The minimum atomic E-state index is -0.707. The lowest BCUT2D eigenvalue weighted by Crippen LogP contribution is -2.25. The van der Waals surface area contributed by atoms with Crippen molar-refractivity contribution in [2.75, 3.05) is 0 Å². The Morgan fingerprint density at radius 2 is 1.61 bits per heavy atom. The van der Waals surface area contributed by atoms with Crippen molar-refractivity contribution < 1.29 is 4.39 Å². The summed E-state index contributed by atoms with van der Waals surface area (Å²) in [6.45, 7) is 2.24. The molecule has 0 atom stereocenters. The molecule has 0 bridgehead atoms. The molecule has 2 heteroatoms. The van der Waals surface area contributed by atoms with E-state index in [1.165, 1.54) is 81.9 Å². The van der Waals surface area contributed by atoms with Crippen LogP contribution < -0.4 is 0 Å². The van der Waals surface area contributed by atoms with Crippen LogP contribution in [0.15, 0.2) is 48.3 Å². The van der Waals surface area contributed by atoms with Gasteiger partial charge in [0.15, 0.2) is 5.83 Å². The molecule has 2 aliphatic rings. The molecule has 1 aromatic rings. The Kier molecular flexibility index (Phi) is 7.90. The van der Waals surface area contributed by atoms with Gasteiger partial charge in [0.1, 0.15) is 6.07 Å². The zero-order chi connectivity index (χ0) is 19.8. The van der Waals surface area contributed by atoms with Crippen LogP contribution in [-0.2, 0) is 6.42 Å². The normalized spacial score (nSPS) is 29.0. The Balaban J connectivity index is 1.43. The van der Waals surface area contributed by atoms with Crippen molar-refractivity contribution in [3.8, 4) is 6.07 Å². The van der Waals surface area contributed by atoms with E-state index in [9.17, 15) is 4.39 Å². The highest BCUT2D eigenvalue weighted by molar-refractivity contribution is 5.26. The van der Waals surface area contributed by atoms with Gasteiger partial charge in [-0.2, -0.15) is 9.65 Å². The molecular weight excluding hydrogens is 345 g/mol. The van der Waals surface area contributed by atoms with Crippen molar-refractivity contribution >= 4 is 0 Å². The highest BCUT2D eigenvalue weighted by Crippen LogP contribution is 2.44. The van der Waals surface area contributed by atoms with Crippen molar-refractivity contribution in [2.45, 2.75) is 77.0 Å². The topological polar surface area (TPSA) is 23.8 Å². The van der Waals surface area contributed by atoms with Gasteiger partial charge in [-0.3, -0.25) is 0 Å². The molecule has 0 aliphatic heterocycles. The smallest absolute Gasteiger partial charge is 0.195 e. The van der Waals surface area contributed by atoms with Crippen molar-refractivity contribution in [2.24, 2.45) is 17.8 Å². The predicted molar refractivity (Wildman–Crippen MR) is 115 cm³/mol. The Morgan fingerprint density at radius 3 is 2.18 bits per heavy atom. The highest BCUT2D eigenvalue weighted by Gasteiger charge is 2.30. The SMILES string of the molecule is CCCc1ccc(C2CCC(C3CCC(/C=C/C=C(\F)C#N)CC3)CC2)cc1. The summed E-state index contributed by atoms with van der Waals surface area (Å²) in [6, 6.07) is 10.9. The molecule has 2 saturated carbocycles. The van der Waals surface area contributed by atoms with Gasteiger partial charge < -0.3 is 0 Å². The maximum absolute atomic E-state index is 12.8. The van der Waals surface area contributed by atoms with Crippen LogP contribution in [0.3, 0.4) is 0 Å². The third kappa shape index (κ3) is 5.81. The van der Waals surface area contributed by atoms with Crippen LogP contribution in [0.2, 0.25) is 0 Å². The van der Waals surface area contributed by atoms with Crippen molar-refractivity contribution in [1.82, 2.24) is 0 Å². The lowest BCUT2D eigenvalue weighted by molar-refractivity contribution is 0.171. The van der Waals surface area contributed by atoms with Gasteiger partial charge in [-0.15, -0.1) is 0 Å². The monoisotopic (exact) mass is 379 g/mol. The van der Waals surface area contributed by atoms with E-state index in [1.807, 2.05) is 0 Å². The zero-order valence-electron chi connectivity index (χ0n) is 17.2. The molecule has 3 rings (SSSR count). The van der Waals surface area contributed by atoms with E-state index in [1.54, 1.807) is 11.6 Å². The van der Waals surface area contributed by atoms with Gasteiger partial charge in [0, 0.05) is 0 Å². The van der Waals surface area contributed by atoms with Gasteiger partial charge in [-0.25, -0.2) is 0 Å². The molecule has 2 aliphatic carbocycles. The van der Waals surface area contributed by atoms with Crippen LogP contribution in [-0.4, -0.2) is 0 Å². The second kappa shape index (κ2) is 10.6. The molecule has 150 valence electrons. The molecule has 0 unspecified atom stereocenters. The number of nitrogens with zero attached hydrogens (tertiary/aromatic N) is 1. The molecule has 28 heavy (non-hydrogen) atoms. The first-order chi connectivity index (χ1) is 13.7. The molecule has 2 fully saturated rings. The van der Waals surface area contributed by atoms with Crippen LogP contribution in [0, 0.1) is 29.1 Å². The van der Waals surface area contributed by atoms with Gasteiger partial charge >= 0.3 is 0 Å². The van der Waals surface area contributed by atoms with Gasteiger partial charge in [-0.05, 0) is 98.7 Å². The number of nitriles is 1. The van der Waals surface area contributed by atoms with Crippen molar-refractivity contribution in [1.29, 1.82) is 5.26 Å². The fourth-order valence-corrected chi connectivity index (χ4v) is 5.31. The van der Waals surface area contributed by atoms with E-state index in [0.717, 1.165) is 17.8 Å². The lowest BCUT2D eigenvalue weighted by Gasteiger charge is -2.37. The number of benzene rings is 1. The third-order valence-electron chi connectivity index (χ3n) is 6.98. The number of hydrogen-bond donors (Lipinski definition) is 0. The summed E-state index contributed by atoms with van der Waals surface area (Å²) in [5, 5.41) is 8.45. The molecule has 0 N–H and O–H groups in total. The molecule has 1 aromatic carbocycles. The van der Waals surface area contributed by atoms with Crippen LogP contribution in [0.25, 0.3) is 0 Å². The maximum atomic E-state index is 12.8. The van der Waals surface area contributed by atoms with Crippen LogP contribution >= 0.6 is 0 Å². The minimum absolute atomic E-state index is 0.553. The molecule has 0 radical (unpaired) electrons. The molecule has 0 heterocycles. The van der Waals surface area contributed by atoms with Crippen molar-refractivity contribution in [3.63, 3.8) is 0 Å². The van der Waals surface area contributed by atoms with Gasteiger partial charge in [0.25, 0.3) is 0 Å². The fourth-order valence-electron chi connectivity index (χ4n) is 5.31. The summed E-state index contributed by atoms with van der Waals surface area (Å²) in [6.07, 6.45) is 18.0. The van der Waals surface area contributed by atoms with E-state index in [4.69, 9.17) is 5.26 Å². The molecule has 0 saturated heterocycles. The Morgan fingerprint density at radius 1 is 1.00 bits per heavy atom. The van der Waals surface area contributed by atoms with Crippen LogP contribution in [0.1, 0.15) is 81.8 Å². The van der Waals surface area contributed by atoms with Crippen LogP contribution in [0.5, 0.6) is 0 Å². The average molecular weight is 380 g/mol. The van der Waals surface area contributed by atoms with Gasteiger partial charge in [-0.1, -0.05) is 49.8 Å². The quantitative estimate of drug-likeness (QED) is 0.368. The Labute approximate surface area is 170 Å². The van der Waals surface area contributed by atoms with Gasteiger partial charge in [0.05, 0.1) is 0 Å². The summed E-state index contributed by atoms with van der Waals surface area (Å²) in [5.41, 5.74) is 3.02. The van der Waals surface area contributed by atoms with E-state index < -0.39 is 5.83 Å². The summed E-state index contributed by atoms with van der Waals surface area (Å²) >= 11 is 0. The molecule has 0 spiro atoms.